The molecule has 0 radical (unpaired) electrons. The molecule has 98 valence electrons. The molecule has 0 fully saturated rings. The minimum absolute atomic E-state index is 0.0966. The molecule has 0 aliphatic carbocycles. The third kappa shape index (κ3) is 8.78. The normalized spacial score (nSPS) is 16.1. The highest BCUT2D eigenvalue weighted by Crippen LogP contribution is 2.13. The fourth-order valence-electron chi connectivity index (χ4n) is 1.51. The van der Waals surface area contributed by atoms with Gasteiger partial charge in [-0.15, -0.1) is 0 Å². The molecule has 0 aromatic heterocycles. The van der Waals surface area contributed by atoms with E-state index in [1.807, 2.05) is 26.8 Å². The molecule has 0 aromatic rings. The zero-order valence-corrected chi connectivity index (χ0v) is 11.2. The molecule has 0 bridgehead atoms. The second-order valence-corrected chi connectivity index (χ2v) is 4.26. The molecule has 0 saturated heterocycles. The highest BCUT2D eigenvalue weighted by molar-refractivity contribution is 5.79. The summed E-state index contributed by atoms with van der Waals surface area (Å²) in [4.78, 5) is 14.8. The van der Waals surface area contributed by atoms with Crippen molar-refractivity contribution in [1.29, 1.82) is 0 Å². The highest BCUT2D eigenvalue weighted by Gasteiger charge is 2.04. The highest BCUT2D eigenvalue weighted by atomic mass is 19.1. The maximum atomic E-state index is 13.1. The second-order valence-electron chi connectivity index (χ2n) is 4.26. The number of allylic oxidation sites excluding steroid dienone is 2. The Labute approximate surface area is 104 Å². The van der Waals surface area contributed by atoms with Gasteiger partial charge in [0.25, 0.3) is 0 Å². The number of alkyl halides is 1. The first-order chi connectivity index (χ1) is 8.13. The van der Waals surface area contributed by atoms with Crippen molar-refractivity contribution in [1.82, 2.24) is 0 Å². The molecule has 0 saturated carbocycles. The van der Waals surface area contributed by atoms with Crippen molar-refractivity contribution in [3.8, 4) is 0 Å². The molecule has 3 heteroatoms. The number of aliphatic imine (C=N–C) groups is 1. The van der Waals surface area contributed by atoms with Gasteiger partial charge in [-0.05, 0) is 38.2 Å². The SMILES string of the molecule is CCN=C/C(=C\C(C)C=O)CCCC(F)CC. The van der Waals surface area contributed by atoms with Gasteiger partial charge in [-0.25, -0.2) is 4.39 Å². The summed E-state index contributed by atoms with van der Waals surface area (Å²) in [5.74, 6) is -0.0966. The molecule has 0 aromatic carbocycles. The lowest BCUT2D eigenvalue weighted by Gasteiger charge is -2.06. The number of rotatable bonds is 9. The second kappa shape index (κ2) is 10.2. The summed E-state index contributed by atoms with van der Waals surface area (Å²) in [7, 11) is 0. The van der Waals surface area contributed by atoms with Crippen LogP contribution in [0.1, 0.15) is 46.5 Å². The quantitative estimate of drug-likeness (QED) is 0.446. The third-order valence-corrected chi connectivity index (χ3v) is 2.56. The Morgan fingerprint density at radius 2 is 2.12 bits per heavy atom. The molecule has 0 amide bonds. The van der Waals surface area contributed by atoms with Crippen LogP contribution in [0.2, 0.25) is 0 Å². The van der Waals surface area contributed by atoms with Crippen molar-refractivity contribution >= 4 is 12.5 Å². The fourth-order valence-corrected chi connectivity index (χ4v) is 1.51. The first kappa shape index (κ1) is 16.0. The van der Waals surface area contributed by atoms with E-state index < -0.39 is 6.17 Å². The van der Waals surface area contributed by atoms with Gasteiger partial charge in [0.2, 0.25) is 0 Å². The monoisotopic (exact) mass is 241 g/mol. The van der Waals surface area contributed by atoms with Gasteiger partial charge < -0.3 is 4.79 Å². The van der Waals surface area contributed by atoms with Crippen molar-refractivity contribution in [2.75, 3.05) is 6.54 Å². The van der Waals surface area contributed by atoms with Crippen LogP contribution in [0.4, 0.5) is 4.39 Å². The molecular weight excluding hydrogens is 217 g/mol. The molecule has 2 unspecified atom stereocenters. The molecular formula is C14H24FNO. The van der Waals surface area contributed by atoms with Gasteiger partial charge in [-0.2, -0.15) is 0 Å². The van der Waals surface area contributed by atoms with Crippen molar-refractivity contribution < 1.29 is 9.18 Å². The zero-order valence-electron chi connectivity index (χ0n) is 11.2. The van der Waals surface area contributed by atoms with Crippen molar-refractivity contribution in [3.63, 3.8) is 0 Å². The number of halogens is 1. The van der Waals surface area contributed by atoms with Crippen LogP contribution in [0.5, 0.6) is 0 Å². The van der Waals surface area contributed by atoms with Gasteiger partial charge in [0.05, 0.1) is 6.17 Å². The molecule has 2 nitrogen and oxygen atoms in total. The maximum Gasteiger partial charge on any atom is 0.126 e. The number of carbonyl (C=O) groups excluding carboxylic acids is 1. The van der Waals surface area contributed by atoms with E-state index in [0.29, 0.717) is 12.8 Å². The van der Waals surface area contributed by atoms with Crippen LogP contribution < -0.4 is 0 Å². The largest absolute Gasteiger partial charge is 0.303 e. The fraction of sp³-hybridized carbons (Fsp3) is 0.714. The summed E-state index contributed by atoms with van der Waals surface area (Å²) in [6.07, 6.45) is 6.68. The van der Waals surface area contributed by atoms with Crippen LogP contribution in [0.25, 0.3) is 0 Å². The van der Waals surface area contributed by atoms with Crippen LogP contribution in [0, 0.1) is 5.92 Å². The number of hydrogen-bond acceptors (Lipinski definition) is 2. The van der Waals surface area contributed by atoms with Gasteiger partial charge in [0.1, 0.15) is 6.29 Å². The van der Waals surface area contributed by atoms with Gasteiger partial charge in [-0.3, -0.25) is 4.99 Å². The number of nitrogens with zero attached hydrogens (tertiary/aromatic N) is 1. The smallest absolute Gasteiger partial charge is 0.126 e. The van der Waals surface area contributed by atoms with Gasteiger partial charge in [0, 0.05) is 18.7 Å². The average molecular weight is 241 g/mol. The summed E-state index contributed by atoms with van der Waals surface area (Å²) in [6, 6.07) is 0. The predicted octanol–water partition coefficient (Wildman–Crippen LogP) is 3.76. The topological polar surface area (TPSA) is 29.4 Å². The molecule has 17 heavy (non-hydrogen) atoms. The summed E-state index contributed by atoms with van der Waals surface area (Å²) in [5.41, 5.74) is 1.04. The van der Waals surface area contributed by atoms with E-state index in [4.69, 9.17) is 0 Å². The summed E-state index contributed by atoms with van der Waals surface area (Å²) in [6.45, 7) is 6.39. The molecule has 0 heterocycles. The van der Waals surface area contributed by atoms with Crippen LogP contribution in [-0.2, 0) is 4.79 Å². The van der Waals surface area contributed by atoms with E-state index >= 15 is 0 Å². The zero-order chi connectivity index (χ0) is 13.1. The number of hydrogen-bond donors (Lipinski definition) is 0. The predicted molar refractivity (Wildman–Crippen MR) is 71.4 cm³/mol. The Balaban J connectivity index is 4.24. The molecule has 0 rings (SSSR count). The molecule has 0 aliphatic rings. The summed E-state index contributed by atoms with van der Waals surface area (Å²) < 4.78 is 13.1. The van der Waals surface area contributed by atoms with Crippen LogP contribution in [0.15, 0.2) is 16.6 Å². The van der Waals surface area contributed by atoms with Gasteiger partial charge in [-0.1, -0.05) is 19.9 Å². The molecule has 0 spiro atoms. The van der Waals surface area contributed by atoms with E-state index in [1.54, 1.807) is 6.21 Å². The average Bonchev–Trinajstić information content (AvgIpc) is 2.34. The Morgan fingerprint density at radius 3 is 2.65 bits per heavy atom. The number of aldehydes is 1. The molecule has 2 atom stereocenters. The van der Waals surface area contributed by atoms with E-state index in [1.165, 1.54) is 0 Å². The van der Waals surface area contributed by atoms with Gasteiger partial charge in [0.15, 0.2) is 0 Å². The first-order valence-corrected chi connectivity index (χ1v) is 6.43. The van der Waals surface area contributed by atoms with Crippen LogP contribution in [0.3, 0.4) is 0 Å². The van der Waals surface area contributed by atoms with E-state index in [0.717, 1.165) is 31.2 Å². The minimum atomic E-state index is -0.706. The standard InChI is InChI=1S/C14H24FNO/c1-4-14(15)8-6-7-13(10-16-5-2)9-12(3)11-17/h9-12,14H,4-8H2,1-3H3/b13-9-,16-10?. The Kier molecular flexibility index (Phi) is 9.59. The number of carbonyl (C=O) groups is 1. The Hall–Kier alpha value is -0.990. The van der Waals surface area contributed by atoms with Crippen molar-refractivity contribution in [2.24, 2.45) is 10.9 Å². The van der Waals surface area contributed by atoms with E-state index in [2.05, 4.69) is 4.99 Å². The lowest BCUT2D eigenvalue weighted by Crippen LogP contribution is -2.00. The van der Waals surface area contributed by atoms with E-state index in [-0.39, 0.29) is 5.92 Å². The molecule has 0 N–H and O–H groups in total. The van der Waals surface area contributed by atoms with E-state index in [9.17, 15) is 9.18 Å². The first-order valence-electron chi connectivity index (χ1n) is 6.43. The van der Waals surface area contributed by atoms with Crippen molar-refractivity contribution in [2.45, 2.75) is 52.6 Å². The van der Waals surface area contributed by atoms with Crippen LogP contribution in [-0.4, -0.2) is 25.2 Å². The molecule has 0 aliphatic heterocycles. The Morgan fingerprint density at radius 1 is 1.41 bits per heavy atom. The van der Waals surface area contributed by atoms with Crippen LogP contribution >= 0.6 is 0 Å². The lowest BCUT2D eigenvalue weighted by atomic mass is 10.0. The van der Waals surface area contributed by atoms with Crippen molar-refractivity contribution in [3.05, 3.63) is 11.6 Å². The summed E-state index contributed by atoms with van der Waals surface area (Å²) in [5, 5.41) is 0. The Bertz CT molecular complexity index is 261. The summed E-state index contributed by atoms with van der Waals surface area (Å²) >= 11 is 0. The van der Waals surface area contributed by atoms with Gasteiger partial charge >= 0.3 is 0 Å². The third-order valence-electron chi connectivity index (χ3n) is 2.56. The maximum absolute atomic E-state index is 13.1. The lowest BCUT2D eigenvalue weighted by molar-refractivity contribution is -0.109. The minimum Gasteiger partial charge on any atom is -0.303 e.